The first-order valence-corrected chi connectivity index (χ1v) is 7.46. The van der Waals surface area contributed by atoms with Crippen LogP contribution < -0.4 is 10.6 Å². The molecule has 0 radical (unpaired) electrons. The van der Waals surface area contributed by atoms with Gasteiger partial charge in [-0.2, -0.15) is 0 Å². The molecule has 0 amide bonds. The standard InChI is InChI=1S/C16H25F2N3O.HI/c1-5-19-16(21-12(3)10-22-4)20-9-11(2)13-6-7-14(17)15(18)8-13;/h6-8,11-12H,5,9-10H2,1-4H3,(H2,19,20,21);1H. The van der Waals surface area contributed by atoms with E-state index in [1.165, 1.54) is 6.07 Å². The maximum absolute atomic E-state index is 13.3. The van der Waals surface area contributed by atoms with E-state index in [9.17, 15) is 8.78 Å². The lowest BCUT2D eigenvalue weighted by Gasteiger charge is -2.18. The molecule has 0 bridgehead atoms. The van der Waals surface area contributed by atoms with Gasteiger partial charge < -0.3 is 15.4 Å². The smallest absolute Gasteiger partial charge is 0.191 e. The van der Waals surface area contributed by atoms with Crippen LogP contribution in [0.4, 0.5) is 8.78 Å². The van der Waals surface area contributed by atoms with Crippen molar-refractivity contribution in [2.45, 2.75) is 32.7 Å². The van der Waals surface area contributed by atoms with E-state index in [2.05, 4.69) is 15.6 Å². The maximum Gasteiger partial charge on any atom is 0.191 e. The number of hydrogen-bond acceptors (Lipinski definition) is 2. The van der Waals surface area contributed by atoms with Gasteiger partial charge in [0.05, 0.1) is 6.61 Å². The van der Waals surface area contributed by atoms with E-state index in [0.717, 1.165) is 18.2 Å². The van der Waals surface area contributed by atoms with E-state index in [-0.39, 0.29) is 35.9 Å². The van der Waals surface area contributed by atoms with Crippen LogP contribution in [0.15, 0.2) is 23.2 Å². The molecule has 7 heteroatoms. The normalized spacial score (nSPS) is 13.9. The summed E-state index contributed by atoms with van der Waals surface area (Å²) in [6, 6.07) is 4.09. The summed E-state index contributed by atoms with van der Waals surface area (Å²) in [6.07, 6.45) is 0. The lowest BCUT2D eigenvalue weighted by atomic mass is 10.0. The first-order chi connectivity index (χ1) is 10.5. The molecule has 0 heterocycles. The molecule has 2 atom stereocenters. The molecular weight excluding hydrogens is 415 g/mol. The van der Waals surface area contributed by atoms with Crippen molar-refractivity contribution >= 4 is 29.9 Å². The minimum Gasteiger partial charge on any atom is -0.383 e. The molecule has 132 valence electrons. The van der Waals surface area contributed by atoms with Crippen LogP contribution in [-0.2, 0) is 4.74 Å². The second-order valence-electron chi connectivity index (χ2n) is 5.29. The van der Waals surface area contributed by atoms with E-state index in [1.807, 2.05) is 20.8 Å². The summed E-state index contributed by atoms with van der Waals surface area (Å²) in [6.45, 7) is 7.69. The Morgan fingerprint density at radius 2 is 1.96 bits per heavy atom. The number of methoxy groups -OCH3 is 1. The third-order valence-electron chi connectivity index (χ3n) is 3.18. The molecule has 1 rings (SSSR count). The first-order valence-electron chi connectivity index (χ1n) is 7.46. The number of guanidine groups is 1. The Hall–Kier alpha value is -0.960. The fourth-order valence-corrected chi connectivity index (χ4v) is 2.00. The predicted molar refractivity (Wildman–Crippen MR) is 101 cm³/mol. The third-order valence-corrected chi connectivity index (χ3v) is 3.18. The van der Waals surface area contributed by atoms with E-state index in [1.54, 1.807) is 13.2 Å². The van der Waals surface area contributed by atoms with Crippen LogP contribution >= 0.6 is 24.0 Å². The Kier molecular flexibility index (Phi) is 11.1. The van der Waals surface area contributed by atoms with Gasteiger partial charge in [-0.15, -0.1) is 24.0 Å². The molecule has 4 nitrogen and oxygen atoms in total. The number of hydrogen-bond donors (Lipinski definition) is 2. The van der Waals surface area contributed by atoms with Gasteiger partial charge in [-0.05, 0) is 31.5 Å². The zero-order valence-corrected chi connectivity index (χ0v) is 16.4. The summed E-state index contributed by atoms with van der Waals surface area (Å²) < 4.78 is 31.3. The molecule has 0 aromatic heterocycles. The quantitative estimate of drug-likeness (QED) is 0.388. The van der Waals surface area contributed by atoms with Crippen LogP contribution in [0, 0.1) is 11.6 Å². The summed E-state index contributed by atoms with van der Waals surface area (Å²) >= 11 is 0. The molecule has 0 aliphatic heterocycles. The fraction of sp³-hybridized carbons (Fsp3) is 0.562. The van der Waals surface area contributed by atoms with Crippen LogP contribution in [-0.4, -0.2) is 38.8 Å². The third kappa shape index (κ3) is 7.92. The summed E-state index contributed by atoms with van der Waals surface area (Å²) in [5.74, 6) is -0.986. The molecule has 0 aliphatic carbocycles. The number of nitrogens with zero attached hydrogens (tertiary/aromatic N) is 1. The average molecular weight is 441 g/mol. The zero-order valence-electron chi connectivity index (χ0n) is 14.0. The first kappa shape index (κ1) is 22.0. The second kappa shape index (κ2) is 11.6. The van der Waals surface area contributed by atoms with Crippen molar-refractivity contribution in [2.75, 3.05) is 26.8 Å². The van der Waals surface area contributed by atoms with Gasteiger partial charge in [0.15, 0.2) is 17.6 Å². The highest BCUT2D eigenvalue weighted by molar-refractivity contribution is 14.0. The molecule has 23 heavy (non-hydrogen) atoms. The SMILES string of the molecule is CCNC(=NCC(C)c1ccc(F)c(F)c1)NC(C)COC.I. The molecule has 0 spiro atoms. The van der Waals surface area contributed by atoms with E-state index in [4.69, 9.17) is 4.74 Å². The number of ether oxygens (including phenoxy) is 1. The van der Waals surface area contributed by atoms with Crippen molar-refractivity contribution in [1.29, 1.82) is 0 Å². The minimum absolute atomic E-state index is 0. The molecule has 2 N–H and O–H groups in total. The maximum atomic E-state index is 13.3. The van der Waals surface area contributed by atoms with Crippen molar-refractivity contribution in [2.24, 2.45) is 4.99 Å². The molecule has 0 aliphatic rings. The second-order valence-corrected chi connectivity index (χ2v) is 5.29. The Balaban J connectivity index is 0.00000484. The average Bonchev–Trinajstić information content (AvgIpc) is 2.47. The van der Waals surface area contributed by atoms with E-state index < -0.39 is 11.6 Å². The van der Waals surface area contributed by atoms with Crippen molar-refractivity contribution in [3.63, 3.8) is 0 Å². The van der Waals surface area contributed by atoms with Gasteiger partial charge in [0, 0.05) is 32.2 Å². The number of nitrogens with one attached hydrogen (secondary N) is 2. The highest BCUT2D eigenvalue weighted by Gasteiger charge is 2.10. The van der Waals surface area contributed by atoms with Gasteiger partial charge >= 0.3 is 0 Å². The Morgan fingerprint density at radius 3 is 2.52 bits per heavy atom. The Bertz CT molecular complexity index is 500. The zero-order chi connectivity index (χ0) is 16.5. The number of benzene rings is 1. The van der Waals surface area contributed by atoms with Crippen LogP contribution in [0.25, 0.3) is 0 Å². The lowest BCUT2D eigenvalue weighted by Crippen LogP contribution is -2.44. The predicted octanol–water partition coefficient (Wildman–Crippen LogP) is 3.28. The fourth-order valence-electron chi connectivity index (χ4n) is 2.00. The van der Waals surface area contributed by atoms with Crippen molar-refractivity contribution in [3.05, 3.63) is 35.4 Å². The van der Waals surface area contributed by atoms with Crippen LogP contribution in [0.5, 0.6) is 0 Å². The Labute approximate surface area is 154 Å². The molecule has 0 fully saturated rings. The molecule has 0 saturated heterocycles. The van der Waals surface area contributed by atoms with Gasteiger partial charge in [-0.3, -0.25) is 4.99 Å². The van der Waals surface area contributed by atoms with Gasteiger partial charge in [0.1, 0.15) is 0 Å². The summed E-state index contributed by atoms with van der Waals surface area (Å²) in [5.41, 5.74) is 0.725. The van der Waals surface area contributed by atoms with E-state index in [0.29, 0.717) is 19.1 Å². The van der Waals surface area contributed by atoms with Gasteiger partial charge in [-0.1, -0.05) is 13.0 Å². The highest BCUT2D eigenvalue weighted by atomic mass is 127. The number of aliphatic imine (C=N–C) groups is 1. The molecule has 0 saturated carbocycles. The molecule has 2 unspecified atom stereocenters. The monoisotopic (exact) mass is 441 g/mol. The van der Waals surface area contributed by atoms with Crippen LogP contribution in [0.1, 0.15) is 32.3 Å². The Morgan fingerprint density at radius 1 is 1.26 bits per heavy atom. The molecular formula is C16H26F2IN3O. The largest absolute Gasteiger partial charge is 0.383 e. The summed E-state index contributed by atoms with van der Waals surface area (Å²) in [4.78, 5) is 4.49. The molecule has 1 aromatic carbocycles. The van der Waals surface area contributed by atoms with Crippen molar-refractivity contribution in [3.8, 4) is 0 Å². The molecule has 1 aromatic rings. The van der Waals surface area contributed by atoms with Crippen LogP contribution in [0.3, 0.4) is 0 Å². The summed E-state index contributed by atoms with van der Waals surface area (Å²) in [5, 5.41) is 6.37. The van der Waals surface area contributed by atoms with Crippen molar-refractivity contribution in [1.82, 2.24) is 10.6 Å². The van der Waals surface area contributed by atoms with Gasteiger partial charge in [-0.25, -0.2) is 8.78 Å². The van der Waals surface area contributed by atoms with Gasteiger partial charge in [0.2, 0.25) is 0 Å². The number of rotatable bonds is 7. The minimum atomic E-state index is -0.831. The van der Waals surface area contributed by atoms with Crippen LogP contribution in [0.2, 0.25) is 0 Å². The van der Waals surface area contributed by atoms with E-state index >= 15 is 0 Å². The number of halogens is 3. The lowest BCUT2D eigenvalue weighted by molar-refractivity contribution is 0.179. The van der Waals surface area contributed by atoms with Gasteiger partial charge in [0.25, 0.3) is 0 Å². The van der Waals surface area contributed by atoms with Crippen molar-refractivity contribution < 1.29 is 13.5 Å². The summed E-state index contributed by atoms with van der Waals surface area (Å²) in [7, 11) is 1.65. The topological polar surface area (TPSA) is 45.7 Å². The highest BCUT2D eigenvalue weighted by Crippen LogP contribution is 2.18.